The fourth-order valence-corrected chi connectivity index (χ4v) is 4.19. The number of para-hydroxylation sites is 2. The molecule has 0 aliphatic carbocycles. The quantitative estimate of drug-likeness (QED) is 0.398. The third kappa shape index (κ3) is 3.63. The topological polar surface area (TPSA) is 114 Å². The summed E-state index contributed by atoms with van der Waals surface area (Å²) >= 11 is 0. The molecule has 1 aliphatic rings. The van der Waals surface area contributed by atoms with Crippen LogP contribution in [0.4, 0.5) is 11.5 Å². The lowest BCUT2D eigenvalue weighted by atomic mass is 10.2. The summed E-state index contributed by atoms with van der Waals surface area (Å²) < 4.78 is 17.9. The van der Waals surface area contributed by atoms with Crippen LogP contribution in [0.3, 0.4) is 0 Å². The number of hydrogen-bond acceptors (Lipinski definition) is 7. The molecule has 0 radical (unpaired) electrons. The molecule has 6 rings (SSSR count). The van der Waals surface area contributed by atoms with Crippen LogP contribution in [0.2, 0.25) is 0 Å². The second-order valence-corrected chi connectivity index (χ2v) is 8.10. The van der Waals surface area contributed by atoms with Gasteiger partial charge in [-0.3, -0.25) is 4.79 Å². The molecule has 3 aromatic carbocycles. The molecule has 0 bridgehead atoms. The number of fused-ring (bicyclic) bond motifs is 3. The van der Waals surface area contributed by atoms with Gasteiger partial charge in [0.05, 0.1) is 24.7 Å². The second-order valence-electron chi connectivity index (χ2n) is 8.10. The molecule has 5 aromatic rings. The average Bonchev–Trinajstić information content (AvgIpc) is 3.45. The van der Waals surface area contributed by atoms with Gasteiger partial charge in [0.25, 0.3) is 5.91 Å². The van der Waals surface area contributed by atoms with Crippen LogP contribution in [0.1, 0.15) is 15.9 Å². The zero-order valence-corrected chi connectivity index (χ0v) is 18.8. The van der Waals surface area contributed by atoms with E-state index in [4.69, 9.17) is 29.9 Å². The lowest BCUT2D eigenvalue weighted by Gasteiger charge is -2.09. The third-order valence-corrected chi connectivity index (χ3v) is 5.94. The Morgan fingerprint density at radius 1 is 1.03 bits per heavy atom. The highest BCUT2D eigenvalue weighted by Crippen LogP contribution is 2.34. The summed E-state index contributed by atoms with van der Waals surface area (Å²) in [6, 6.07) is 20.3. The fourth-order valence-electron chi connectivity index (χ4n) is 4.19. The molecule has 1 aliphatic heterocycles. The molecule has 35 heavy (non-hydrogen) atoms. The average molecular weight is 467 g/mol. The van der Waals surface area contributed by atoms with Crippen molar-refractivity contribution in [3.05, 3.63) is 77.9 Å². The van der Waals surface area contributed by atoms with Crippen molar-refractivity contribution in [2.45, 2.75) is 6.54 Å². The first-order valence-electron chi connectivity index (χ1n) is 11.0. The smallest absolute Gasteiger partial charge is 0.261 e. The number of nitrogens with two attached hydrogens (primary N) is 1. The molecule has 9 nitrogen and oxygen atoms in total. The zero-order valence-electron chi connectivity index (χ0n) is 18.8. The minimum atomic E-state index is -0.369. The minimum Gasteiger partial charge on any atom is -0.497 e. The zero-order chi connectivity index (χ0) is 23.9. The molecular weight excluding hydrogens is 446 g/mol. The molecule has 3 heterocycles. The van der Waals surface area contributed by atoms with E-state index in [0.717, 1.165) is 5.56 Å². The summed E-state index contributed by atoms with van der Waals surface area (Å²) in [5, 5.41) is 2.91. The third-order valence-electron chi connectivity index (χ3n) is 5.94. The number of methoxy groups -OCH3 is 1. The van der Waals surface area contributed by atoms with Gasteiger partial charge in [0.15, 0.2) is 17.1 Å². The molecule has 174 valence electrons. The van der Waals surface area contributed by atoms with Gasteiger partial charge in [-0.05, 0) is 54.1 Å². The van der Waals surface area contributed by atoms with E-state index in [2.05, 4.69) is 5.32 Å². The lowest BCUT2D eigenvalue weighted by molar-refractivity contribution is 0.102. The van der Waals surface area contributed by atoms with Crippen molar-refractivity contribution < 1.29 is 19.0 Å². The summed E-state index contributed by atoms with van der Waals surface area (Å²) in [6.07, 6.45) is 0. The number of hydrogen-bond donors (Lipinski definition) is 2. The summed E-state index contributed by atoms with van der Waals surface area (Å²) in [5.41, 5.74) is 10.8. The van der Waals surface area contributed by atoms with Gasteiger partial charge in [-0.1, -0.05) is 18.2 Å². The summed E-state index contributed by atoms with van der Waals surface area (Å²) in [4.78, 5) is 23.0. The first-order valence-corrected chi connectivity index (χ1v) is 11.0. The highest BCUT2D eigenvalue weighted by atomic mass is 16.7. The van der Waals surface area contributed by atoms with Crippen LogP contribution >= 0.6 is 0 Å². The molecule has 0 saturated heterocycles. The van der Waals surface area contributed by atoms with E-state index >= 15 is 0 Å². The van der Waals surface area contributed by atoms with E-state index in [1.165, 1.54) is 0 Å². The van der Waals surface area contributed by atoms with E-state index in [1.807, 2.05) is 42.5 Å². The maximum Gasteiger partial charge on any atom is 0.261 e. The molecule has 2 aromatic heterocycles. The number of aromatic nitrogens is 3. The highest BCUT2D eigenvalue weighted by molar-refractivity contribution is 6.16. The Morgan fingerprint density at radius 2 is 1.77 bits per heavy atom. The SMILES string of the molecule is COc1ccc(NC(=O)c2c(N)n(Cc3ccc4c(c3)OCO4)c3nc4ccccc4nc23)cc1. The van der Waals surface area contributed by atoms with Crippen molar-refractivity contribution in [2.24, 2.45) is 0 Å². The summed E-state index contributed by atoms with van der Waals surface area (Å²) in [6.45, 7) is 0.572. The Morgan fingerprint density at radius 3 is 2.54 bits per heavy atom. The Hall–Kier alpha value is -4.79. The van der Waals surface area contributed by atoms with Gasteiger partial charge in [-0.15, -0.1) is 0 Å². The van der Waals surface area contributed by atoms with Crippen molar-refractivity contribution in [3.8, 4) is 17.2 Å². The van der Waals surface area contributed by atoms with E-state index < -0.39 is 0 Å². The number of rotatable bonds is 5. The molecule has 1 amide bonds. The minimum absolute atomic E-state index is 0.195. The van der Waals surface area contributed by atoms with Gasteiger partial charge in [0.1, 0.15) is 22.6 Å². The van der Waals surface area contributed by atoms with Crippen LogP contribution in [0, 0.1) is 0 Å². The van der Waals surface area contributed by atoms with E-state index in [0.29, 0.717) is 51.7 Å². The summed E-state index contributed by atoms with van der Waals surface area (Å²) in [5.74, 6) is 1.97. The number of amides is 1. The van der Waals surface area contributed by atoms with Crippen molar-refractivity contribution in [3.63, 3.8) is 0 Å². The van der Waals surface area contributed by atoms with Crippen LogP contribution in [-0.4, -0.2) is 34.3 Å². The second kappa shape index (κ2) is 8.21. The largest absolute Gasteiger partial charge is 0.497 e. The molecule has 3 N–H and O–H groups in total. The van der Waals surface area contributed by atoms with Gasteiger partial charge in [0.2, 0.25) is 6.79 Å². The summed E-state index contributed by atoms with van der Waals surface area (Å²) in [7, 11) is 1.59. The van der Waals surface area contributed by atoms with Crippen LogP contribution < -0.4 is 25.3 Å². The van der Waals surface area contributed by atoms with Gasteiger partial charge < -0.3 is 29.8 Å². The monoisotopic (exact) mass is 467 g/mol. The maximum absolute atomic E-state index is 13.4. The van der Waals surface area contributed by atoms with Crippen molar-refractivity contribution in [1.82, 2.24) is 14.5 Å². The number of benzene rings is 3. The molecular formula is C26H21N5O4. The molecule has 0 unspecified atom stereocenters. The number of anilines is 2. The van der Waals surface area contributed by atoms with Gasteiger partial charge in [0, 0.05) is 5.69 Å². The Labute approximate surface area is 200 Å². The Bertz CT molecular complexity index is 1590. The fraction of sp³-hybridized carbons (Fsp3) is 0.115. The molecule has 9 heteroatoms. The number of carbonyl (C=O) groups excluding carboxylic acids is 1. The van der Waals surface area contributed by atoms with Crippen molar-refractivity contribution in [2.75, 3.05) is 25.0 Å². The van der Waals surface area contributed by atoms with Crippen molar-refractivity contribution in [1.29, 1.82) is 0 Å². The number of nitrogens with zero attached hydrogens (tertiary/aromatic N) is 3. The van der Waals surface area contributed by atoms with Crippen LogP contribution in [0.25, 0.3) is 22.2 Å². The van der Waals surface area contributed by atoms with E-state index in [-0.39, 0.29) is 24.1 Å². The molecule has 0 atom stereocenters. The number of ether oxygens (including phenoxy) is 3. The first-order chi connectivity index (χ1) is 17.1. The number of nitrogens with one attached hydrogen (secondary N) is 1. The predicted octanol–water partition coefficient (Wildman–Crippen LogP) is 4.20. The standard InChI is InChI=1S/C26H21N5O4/c1-33-17-9-7-16(8-10-17)28-26(32)22-23-25(30-19-5-3-2-4-18(19)29-23)31(24(22)27)13-15-6-11-20-21(12-15)35-14-34-20/h2-12H,13-14,27H2,1H3,(H,28,32). The molecule has 0 spiro atoms. The van der Waals surface area contributed by atoms with E-state index in [9.17, 15) is 4.79 Å². The van der Waals surface area contributed by atoms with Crippen LogP contribution in [-0.2, 0) is 6.54 Å². The molecule has 0 saturated carbocycles. The highest BCUT2D eigenvalue weighted by Gasteiger charge is 2.25. The van der Waals surface area contributed by atoms with Gasteiger partial charge in [-0.25, -0.2) is 9.97 Å². The Balaban J connectivity index is 1.46. The number of carbonyl (C=O) groups is 1. The van der Waals surface area contributed by atoms with Gasteiger partial charge >= 0.3 is 0 Å². The van der Waals surface area contributed by atoms with Gasteiger partial charge in [-0.2, -0.15) is 0 Å². The lowest BCUT2D eigenvalue weighted by Crippen LogP contribution is -2.15. The molecule has 0 fully saturated rings. The predicted molar refractivity (Wildman–Crippen MR) is 132 cm³/mol. The van der Waals surface area contributed by atoms with E-state index in [1.54, 1.807) is 35.9 Å². The van der Waals surface area contributed by atoms with Crippen LogP contribution in [0.5, 0.6) is 17.2 Å². The normalized spacial score (nSPS) is 12.3. The van der Waals surface area contributed by atoms with Crippen LogP contribution in [0.15, 0.2) is 66.7 Å². The number of nitrogen functional groups attached to an aromatic ring is 1. The Kier molecular flexibility index (Phi) is 4.88. The first kappa shape index (κ1) is 20.8. The maximum atomic E-state index is 13.4. The van der Waals surface area contributed by atoms with Crippen molar-refractivity contribution >= 4 is 39.6 Å².